The molecule has 1 saturated heterocycles. The van der Waals surface area contributed by atoms with Gasteiger partial charge in [-0.1, -0.05) is 72.4 Å². The molecule has 3 aromatic rings. The van der Waals surface area contributed by atoms with Crippen LogP contribution in [0.25, 0.3) is 0 Å². The molecule has 0 saturated carbocycles. The highest BCUT2D eigenvalue weighted by atomic mass is 32.2. The van der Waals surface area contributed by atoms with Crippen LogP contribution in [0.1, 0.15) is 18.4 Å². The summed E-state index contributed by atoms with van der Waals surface area (Å²) in [6.07, 6.45) is 4.92. The number of nitrogens with zero attached hydrogens (tertiary/aromatic N) is 2. The summed E-state index contributed by atoms with van der Waals surface area (Å²) in [7, 11) is 0. The van der Waals surface area contributed by atoms with Crippen LogP contribution in [-0.4, -0.2) is 23.9 Å². The summed E-state index contributed by atoms with van der Waals surface area (Å²) in [6, 6.07) is 30.4. The van der Waals surface area contributed by atoms with Gasteiger partial charge < -0.3 is 10.2 Å². The fraction of sp³-hybridized carbons (Fsp3) is 0.214. The Hall–Kier alpha value is -3.49. The topological polar surface area (TPSA) is 56.1 Å². The molecule has 1 aliphatic rings. The van der Waals surface area contributed by atoms with Gasteiger partial charge in [0.2, 0.25) is 0 Å². The van der Waals surface area contributed by atoms with E-state index >= 15 is 0 Å². The van der Waals surface area contributed by atoms with Crippen LogP contribution >= 0.6 is 11.8 Å². The molecule has 1 amide bonds. The molecule has 1 aliphatic heterocycles. The average Bonchev–Trinajstić information content (AvgIpc) is 2.86. The first-order valence-electron chi connectivity index (χ1n) is 11.2. The predicted octanol–water partition coefficient (Wildman–Crippen LogP) is 6.14. The number of amides is 1. The summed E-state index contributed by atoms with van der Waals surface area (Å²) in [6.45, 7) is 1.72. The fourth-order valence-corrected chi connectivity index (χ4v) is 4.94. The lowest BCUT2D eigenvalue weighted by atomic mass is 9.90. The Bertz CT molecular complexity index is 1130. The number of carbonyl (C=O) groups is 1. The van der Waals surface area contributed by atoms with Gasteiger partial charge >= 0.3 is 0 Å². The summed E-state index contributed by atoms with van der Waals surface area (Å²) in [5, 5.41) is 12.6. The van der Waals surface area contributed by atoms with Crippen LogP contribution in [0.5, 0.6) is 0 Å². The summed E-state index contributed by atoms with van der Waals surface area (Å²) < 4.78 is 0. The number of hydrogen-bond donors (Lipinski definition) is 1. The molecule has 0 radical (unpaired) electrons. The Morgan fingerprint density at radius 1 is 0.970 bits per heavy atom. The Balaban J connectivity index is 1.37. The first-order chi connectivity index (χ1) is 16.2. The number of nitriles is 1. The molecule has 4 nitrogen and oxygen atoms in total. The van der Waals surface area contributed by atoms with Gasteiger partial charge in [-0.2, -0.15) is 5.26 Å². The zero-order chi connectivity index (χ0) is 22.9. The van der Waals surface area contributed by atoms with Crippen LogP contribution in [0.15, 0.2) is 106 Å². The predicted molar refractivity (Wildman–Crippen MR) is 134 cm³/mol. The third kappa shape index (κ3) is 6.50. The zero-order valence-corrected chi connectivity index (χ0v) is 19.3. The van der Waals surface area contributed by atoms with Crippen molar-refractivity contribution < 1.29 is 4.79 Å². The number of carbonyl (C=O) groups excluding carboxylic acids is 1. The van der Waals surface area contributed by atoms with Gasteiger partial charge in [0.1, 0.15) is 11.6 Å². The van der Waals surface area contributed by atoms with E-state index < -0.39 is 0 Å². The number of nitrogens with one attached hydrogen (secondary N) is 1. The molecule has 0 atom stereocenters. The van der Waals surface area contributed by atoms with E-state index in [9.17, 15) is 10.1 Å². The third-order valence-electron chi connectivity index (χ3n) is 5.80. The SMILES string of the molecule is N#C/C(=C/N1CCC(Cc2ccccc2)CC1)C(=O)Nc1ccccc1Sc1ccccc1. The highest BCUT2D eigenvalue weighted by Crippen LogP contribution is 2.33. The summed E-state index contributed by atoms with van der Waals surface area (Å²) in [4.78, 5) is 17.0. The first-order valence-corrected chi connectivity index (χ1v) is 12.1. The van der Waals surface area contributed by atoms with E-state index in [1.807, 2.05) is 60.7 Å². The van der Waals surface area contributed by atoms with Gasteiger partial charge in [0.15, 0.2) is 0 Å². The lowest BCUT2D eigenvalue weighted by Gasteiger charge is -2.31. The van der Waals surface area contributed by atoms with Crippen molar-refractivity contribution in [3.63, 3.8) is 0 Å². The van der Waals surface area contributed by atoms with Crippen LogP contribution in [0, 0.1) is 17.2 Å². The highest BCUT2D eigenvalue weighted by molar-refractivity contribution is 7.99. The zero-order valence-electron chi connectivity index (χ0n) is 18.5. The van der Waals surface area contributed by atoms with E-state index in [0.717, 1.165) is 42.1 Å². The van der Waals surface area contributed by atoms with Gasteiger partial charge in [0.05, 0.1) is 5.69 Å². The largest absolute Gasteiger partial charge is 0.376 e. The maximum atomic E-state index is 12.9. The van der Waals surface area contributed by atoms with E-state index in [1.165, 1.54) is 5.56 Å². The standard InChI is InChI=1S/C28H27N3OS/c29-20-24(21-31-17-15-23(16-18-31)19-22-9-3-1-4-10-22)28(32)30-26-13-7-8-14-27(26)33-25-11-5-2-6-12-25/h1-14,21,23H,15-19H2,(H,30,32)/b24-21-. The number of benzene rings is 3. The Kier molecular flexibility index (Phi) is 7.84. The lowest BCUT2D eigenvalue weighted by molar-refractivity contribution is -0.112. The van der Waals surface area contributed by atoms with Gasteiger partial charge in [-0.05, 0) is 55.0 Å². The van der Waals surface area contributed by atoms with Crippen LogP contribution in [0.4, 0.5) is 5.69 Å². The minimum absolute atomic E-state index is 0.135. The van der Waals surface area contributed by atoms with E-state index in [2.05, 4.69) is 40.6 Å². The van der Waals surface area contributed by atoms with Gasteiger partial charge in [0.25, 0.3) is 5.91 Å². The maximum Gasteiger partial charge on any atom is 0.267 e. The second-order valence-corrected chi connectivity index (χ2v) is 9.30. The molecular formula is C28H27N3OS. The highest BCUT2D eigenvalue weighted by Gasteiger charge is 2.20. The van der Waals surface area contributed by atoms with Crippen molar-refractivity contribution in [3.05, 3.63) is 102 Å². The molecule has 0 aromatic heterocycles. The molecule has 3 aromatic carbocycles. The third-order valence-corrected chi connectivity index (χ3v) is 6.88. The van der Waals surface area contributed by atoms with Gasteiger partial charge in [-0.15, -0.1) is 0 Å². The quantitative estimate of drug-likeness (QED) is 0.345. The van der Waals surface area contributed by atoms with Crippen molar-refractivity contribution in [2.24, 2.45) is 5.92 Å². The second-order valence-electron chi connectivity index (χ2n) is 8.19. The molecule has 1 heterocycles. The number of hydrogen-bond acceptors (Lipinski definition) is 4. The first kappa shape index (κ1) is 22.7. The molecule has 0 unspecified atom stereocenters. The van der Waals surface area contributed by atoms with Crippen LogP contribution in [0.2, 0.25) is 0 Å². The van der Waals surface area contributed by atoms with Crippen molar-refractivity contribution in [1.82, 2.24) is 4.90 Å². The lowest BCUT2D eigenvalue weighted by Crippen LogP contribution is -2.31. The monoisotopic (exact) mass is 453 g/mol. The van der Waals surface area contributed by atoms with E-state index in [0.29, 0.717) is 11.6 Å². The van der Waals surface area contributed by atoms with Crippen LogP contribution < -0.4 is 5.32 Å². The molecular weight excluding hydrogens is 426 g/mol. The smallest absolute Gasteiger partial charge is 0.267 e. The average molecular weight is 454 g/mol. The summed E-state index contributed by atoms with van der Waals surface area (Å²) >= 11 is 1.58. The molecule has 0 spiro atoms. The Morgan fingerprint density at radius 3 is 2.30 bits per heavy atom. The second kappa shape index (κ2) is 11.4. The molecule has 166 valence electrons. The van der Waals surface area contributed by atoms with Crippen molar-refractivity contribution in [2.45, 2.75) is 29.1 Å². The molecule has 33 heavy (non-hydrogen) atoms. The summed E-state index contributed by atoms with van der Waals surface area (Å²) in [5.74, 6) is 0.267. The number of rotatable bonds is 7. The van der Waals surface area contributed by atoms with Crippen molar-refractivity contribution in [3.8, 4) is 6.07 Å². The molecule has 4 rings (SSSR count). The number of piperidine rings is 1. The Morgan fingerprint density at radius 2 is 1.61 bits per heavy atom. The van der Waals surface area contributed by atoms with Crippen LogP contribution in [0.3, 0.4) is 0 Å². The van der Waals surface area contributed by atoms with Gasteiger partial charge in [-0.25, -0.2) is 0 Å². The van der Waals surface area contributed by atoms with Crippen molar-refractivity contribution in [1.29, 1.82) is 5.26 Å². The van der Waals surface area contributed by atoms with E-state index in [1.54, 1.807) is 18.0 Å². The Labute approximate surface area is 199 Å². The van der Waals surface area contributed by atoms with E-state index in [4.69, 9.17) is 0 Å². The molecule has 1 N–H and O–H groups in total. The van der Waals surface area contributed by atoms with Crippen molar-refractivity contribution in [2.75, 3.05) is 18.4 Å². The van der Waals surface area contributed by atoms with Crippen molar-refractivity contribution >= 4 is 23.4 Å². The molecule has 0 aliphatic carbocycles. The normalized spacial score (nSPS) is 14.5. The van der Waals surface area contributed by atoms with E-state index in [-0.39, 0.29) is 11.5 Å². The summed E-state index contributed by atoms with van der Waals surface area (Å²) in [5.41, 5.74) is 2.21. The number of para-hydroxylation sites is 1. The van der Waals surface area contributed by atoms with Gasteiger partial charge in [0, 0.05) is 29.1 Å². The maximum absolute atomic E-state index is 12.9. The van der Waals surface area contributed by atoms with Gasteiger partial charge in [-0.3, -0.25) is 4.79 Å². The minimum atomic E-state index is -0.370. The molecule has 5 heteroatoms. The number of anilines is 1. The fourth-order valence-electron chi connectivity index (χ4n) is 4.02. The number of likely N-dealkylation sites (tertiary alicyclic amines) is 1. The minimum Gasteiger partial charge on any atom is -0.376 e. The van der Waals surface area contributed by atoms with Crippen LogP contribution in [-0.2, 0) is 11.2 Å². The molecule has 1 fully saturated rings. The molecule has 0 bridgehead atoms.